The Bertz CT molecular complexity index is 790. The fraction of sp³-hybridized carbons (Fsp3) is 0.263. The SMILES string of the molecule is [N-]=[N+]=NCCCc1cccc2c1-c1ccccc1CCC#C2. The van der Waals surface area contributed by atoms with Gasteiger partial charge in [-0.2, -0.15) is 0 Å². The van der Waals surface area contributed by atoms with Crippen LogP contribution in [0.1, 0.15) is 29.5 Å². The van der Waals surface area contributed by atoms with Gasteiger partial charge in [0, 0.05) is 29.0 Å². The van der Waals surface area contributed by atoms with E-state index in [0.717, 1.165) is 31.2 Å². The summed E-state index contributed by atoms with van der Waals surface area (Å²) in [5.41, 5.74) is 14.7. The van der Waals surface area contributed by atoms with Crippen LogP contribution in [0.4, 0.5) is 0 Å². The molecule has 0 saturated carbocycles. The zero-order valence-corrected chi connectivity index (χ0v) is 12.4. The lowest BCUT2D eigenvalue weighted by molar-refractivity contribution is 0.828. The fourth-order valence-corrected chi connectivity index (χ4v) is 2.95. The number of aryl methyl sites for hydroxylation is 2. The van der Waals surface area contributed by atoms with E-state index in [2.05, 4.69) is 64.3 Å². The van der Waals surface area contributed by atoms with Crippen LogP contribution in [-0.4, -0.2) is 6.54 Å². The van der Waals surface area contributed by atoms with E-state index in [-0.39, 0.29) is 0 Å². The predicted octanol–water partition coefficient (Wildman–Crippen LogP) is 4.89. The van der Waals surface area contributed by atoms with E-state index in [1.165, 1.54) is 22.3 Å². The Kier molecular flexibility index (Phi) is 4.44. The molecule has 0 spiro atoms. The number of rotatable bonds is 4. The minimum Gasteiger partial charge on any atom is -0.0975 e. The van der Waals surface area contributed by atoms with Crippen LogP contribution in [-0.2, 0) is 12.8 Å². The highest BCUT2D eigenvalue weighted by Gasteiger charge is 2.14. The maximum absolute atomic E-state index is 8.39. The summed E-state index contributed by atoms with van der Waals surface area (Å²) >= 11 is 0. The molecule has 3 heteroatoms. The lowest BCUT2D eigenvalue weighted by Gasteiger charge is -2.17. The number of azide groups is 1. The smallest absolute Gasteiger partial charge is 0.0326 e. The first kappa shape index (κ1) is 14.3. The molecule has 2 aromatic rings. The van der Waals surface area contributed by atoms with E-state index < -0.39 is 0 Å². The van der Waals surface area contributed by atoms with Crippen molar-refractivity contribution in [3.63, 3.8) is 0 Å². The van der Waals surface area contributed by atoms with Gasteiger partial charge in [0.15, 0.2) is 0 Å². The third-order valence-electron chi connectivity index (χ3n) is 3.95. The highest BCUT2D eigenvalue weighted by molar-refractivity contribution is 5.77. The Morgan fingerprint density at radius 3 is 2.95 bits per heavy atom. The summed E-state index contributed by atoms with van der Waals surface area (Å²) in [5.74, 6) is 6.59. The maximum Gasteiger partial charge on any atom is 0.0326 e. The van der Waals surface area contributed by atoms with Gasteiger partial charge in [-0.1, -0.05) is 53.4 Å². The van der Waals surface area contributed by atoms with Gasteiger partial charge >= 0.3 is 0 Å². The molecule has 0 heterocycles. The quantitative estimate of drug-likeness (QED) is 0.253. The molecule has 0 bridgehead atoms. The van der Waals surface area contributed by atoms with E-state index >= 15 is 0 Å². The molecule has 0 amide bonds. The Morgan fingerprint density at radius 1 is 1.14 bits per heavy atom. The first-order chi connectivity index (χ1) is 10.9. The number of nitrogens with zero attached hydrogens (tertiary/aromatic N) is 3. The Balaban J connectivity index is 2.06. The standard InChI is InChI=1S/C19H17N3/c20-22-21-14-6-12-17-11-5-10-16-9-2-1-7-15-8-3-4-13-18(15)19(16)17/h3-5,8,10-11,13H,1,6-7,12,14H2. The summed E-state index contributed by atoms with van der Waals surface area (Å²) < 4.78 is 0. The average molecular weight is 287 g/mol. The van der Waals surface area contributed by atoms with E-state index in [1.807, 2.05) is 0 Å². The first-order valence-electron chi connectivity index (χ1n) is 7.60. The summed E-state index contributed by atoms with van der Waals surface area (Å²) in [6.07, 6.45) is 3.65. The van der Waals surface area contributed by atoms with Gasteiger partial charge in [0.2, 0.25) is 0 Å². The number of hydrogen-bond acceptors (Lipinski definition) is 1. The second-order valence-electron chi connectivity index (χ2n) is 5.36. The van der Waals surface area contributed by atoms with Crippen LogP contribution >= 0.6 is 0 Å². The molecular formula is C19H17N3. The molecule has 0 radical (unpaired) electrons. The van der Waals surface area contributed by atoms with Gasteiger partial charge in [-0.15, -0.1) is 0 Å². The Morgan fingerprint density at radius 2 is 2.05 bits per heavy atom. The molecule has 3 rings (SSSR count). The van der Waals surface area contributed by atoms with Gasteiger partial charge in [-0.3, -0.25) is 0 Å². The predicted molar refractivity (Wildman–Crippen MR) is 89.4 cm³/mol. The minimum atomic E-state index is 0.535. The summed E-state index contributed by atoms with van der Waals surface area (Å²) in [4.78, 5) is 2.82. The lowest BCUT2D eigenvalue weighted by atomic mass is 9.87. The summed E-state index contributed by atoms with van der Waals surface area (Å²) in [6.45, 7) is 0.535. The topological polar surface area (TPSA) is 48.8 Å². The van der Waals surface area contributed by atoms with E-state index in [9.17, 15) is 0 Å². The molecule has 1 aliphatic rings. The van der Waals surface area contributed by atoms with Gasteiger partial charge in [-0.25, -0.2) is 0 Å². The summed E-state index contributed by atoms with van der Waals surface area (Å²) in [6, 6.07) is 14.9. The largest absolute Gasteiger partial charge is 0.0975 e. The summed E-state index contributed by atoms with van der Waals surface area (Å²) in [5, 5.41) is 3.63. The van der Waals surface area contributed by atoms with Crippen molar-refractivity contribution in [2.75, 3.05) is 6.54 Å². The van der Waals surface area contributed by atoms with Crippen LogP contribution in [0.3, 0.4) is 0 Å². The molecule has 0 fully saturated rings. The van der Waals surface area contributed by atoms with Gasteiger partial charge in [0.1, 0.15) is 0 Å². The minimum absolute atomic E-state index is 0.535. The van der Waals surface area contributed by atoms with Crippen LogP contribution in [0.2, 0.25) is 0 Å². The molecule has 0 unspecified atom stereocenters. The Hall–Kier alpha value is -2.69. The van der Waals surface area contributed by atoms with Crippen LogP contribution in [0.5, 0.6) is 0 Å². The third-order valence-corrected chi connectivity index (χ3v) is 3.95. The second-order valence-corrected chi connectivity index (χ2v) is 5.36. The van der Waals surface area contributed by atoms with Crippen molar-refractivity contribution in [3.8, 4) is 23.0 Å². The zero-order chi connectivity index (χ0) is 15.2. The molecule has 0 aliphatic heterocycles. The van der Waals surface area contributed by atoms with Crippen LogP contribution in [0.25, 0.3) is 21.6 Å². The van der Waals surface area contributed by atoms with E-state index in [1.54, 1.807) is 0 Å². The van der Waals surface area contributed by atoms with Crippen molar-refractivity contribution in [2.24, 2.45) is 5.11 Å². The van der Waals surface area contributed by atoms with Crippen molar-refractivity contribution < 1.29 is 0 Å². The highest BCUT2D eigenvalue weighted by Crippen LogP contribution is 2.32. The molecule has 0 atom stereocenters. The molecular weight excluding hydrogens is 270 g/mol. The molecule has 22 heavy (non-hydrogen) atoms. The van der Waals surface area contributed by atoms with Crippen molar-refractivity contribution in [1.29, 1.82) is 0 Å². The van der Waals surface area contributed by atoms with Crippen molar-refractivity contribution >= 4 is 0 Å². The van der Waals surface area contributed by atoms with E-state index in [4.69, 9.17) is 5.53 Å². The zero-order valence-electron chi connectivity index (χ0n) is 12.4. The van der Waals surface area contributed by atoms with E-state index in [0.29, 0.717) is 6.54 Å². The lowest BCUT2D eigenvalue weighted by Crippen LogP contribution is -2.00. The maximum atomic E-state index is 8.39. The summed E-state index contributed by atoms with van der Waals surface area (Å²) in [7, 11) is 0. The molecule has 0 N–H and O–H groups in total. The number of fused-ring (bicyclic) bond motifs is 3. The third kappa shape index (κ3) is 2.98. The van der Waals surface area contributed by atoms with Crippen molar-refractivity contribution in [1.82, 2.24) is 0 Å². The van der Waals surface area contributed by atoms with Gasteiger partial charge in [-0.05, 0) is 47.6 Å². The molecule has 1 aliphatic carbocycles. The number of hydrogen-bond donors (Lipinski definition) is 0. The van der Waals surface area contributed by atoms with Crippen molar-refractivity contribution in [2.45, 2.75) is 25.7 Å². The van der Waals surface area contributed by atoms with Crippen molar-refractivity contribution in [3.05, 3.63) is 69.6 Å². The molecule has 108 valence electrons. The highest BCUT2D eigenvalue weighted by atomic mass is 15.1. The first-order valence-corrected chi connectivity index (χ1v) is 7.60. The molecule has 0 aromatic heterocycles. The second kappa shape index (κ2) is 6.85. The average Bonchev–Trinajstić information content (AvgIpc) is 2.54. The van der Waals surface area contributed by atoms with Crippen LogP contribution < -0.4 is 0 Å². The molecule has 3 nitrogen and oxygen atoms in total. The Labute approximate surface area is 130 Å². The monoisotopic (exact) mass is 287 g/mol. The molecule has 0 saturated heterocycles. The normalized spacial score (nSPS) is 11.8. The number of benzene rings is 2. The van der Waals surface area contributed by atoms with Gasteiger partial charge in [0.25, 0.3) is 0 Å². The van der Waals surface area contributed by atoms with Gasteiger partial charge < -0.3 is 0 Å². The van der Waals surface area contributed by atoms with Crippen LogP contribution in [0.15, 0.2) is 47.6 Å². The van der Waals surface area contributed by atoms with Gasteiger partial charge in [0.05, 0.1) is 0 Å². The fourth-order valence-electron chi connectivity index (χ4n) is 2.95. The molecule has 2 aromatic carbocycles. The van der Waals surface area contributed by atoms with Crippen LogP contribution in [0, 0.1) is 11.8 Å².